The van der Waals surface area contributed by atoms with Crippen LogP contribution in [0.25, 0.3) is 0 Å². The van der Waals surface area contributed by atoms with Crippen molar-refractivity contribution in [2.75, 3.05) is 4.72 Å². The van der Waals surface area contributed by atoms with Crippen molar-refractivity contribution < 1.29 is 13.2 Å². The first-order valence-electron chi connectivity index (χ1n) is 8.54. The van der Waals surface area contributed by atoms with Crippen LogP contribution < -0.4 is 4.72 Å². The Morgan fingerprint density at radius 2 is 1.82 bits per heavy atom. The standard InChI is InChI=1S/C17H22Cl2N4O3S2/c1-9(2)23(10(3)4)15(24)8-14-20-17(27-21-14)22-28(25,26)16-11(5)6-12(18)7-13(16)19/h6-7,9-10H,8H2,1-5H3,(H,20,21,22). The number of benzene rings is 1. The van der Waals surface area contributed by atoms with Crippen LogP contribution in [0.15, 0.2) is 17.0 Å². The molecule has 7 nitrogen and oxygen atoms in total. The predicted molar refractivity (Wildman–Crippen MR) is 113 cm³/mol. The average Bonchev–Trinajstić information content (AvgIpc) is 2.90. The predicted octanol–water partition coefficient (Wildman–Crippen LogP) is 4.14. The molecule has 0 saturated heterocycles. The summed E-state index contributed by atoms with van der Waals surface area (Å²) in [4.78, 5) is 18.3. The zero-order valence-corrected chi connectivity index (χ0v) is 19.3. The van der Waals surface area contributed by atoms with E-state index in [1.54, 1.807) is 11.8 Å². The zero-order chi connectivity index (χ0) is 21.2. The summed E-state index contributed by atoms with van der Waals surface area (Å²) >= 11 is 12.8. The molecule has 0 saturated carbocycles. The molecule has 1 aromatic carbocycles. The molecule has 2 aromatic rings. The molecule has 0 bridgehead atoms. The fraction of sp³-hybridized carbons (Fsp3) is 0.471. The number of rotatable bonds is 7. The van der Waals surface area contributed by atoms with E-state index in [1.807, 2.05) is 27.7 Å². The Balaban J connectivity index is 2.20. The number of halogens is 2. The molecule has 1 heterocycles. The number of carbonyl (C=O) groups excluding carboxylic acids is 1. The molecule has 0 aliphatic carbocycles. The lowest BCUT2D eigenvalue weighted by atomic mass is 10.2. The highest BCUT2D eigenvalue weighted by Gasteiger charge is 2.25. The largest absolute Gasteiger partial charge is 0.337 e. The Bertz CT molecular complexity index is 944. The molecule has 28 heavy (non-hydrogen) atoms. The van der Waals surface area contributed by atoms with Gasteiger partial charge in [0, 0.05) is 28.6 Å². The fourth-order valence-corrected chi connectivity index (χ4v) is 5.96. The molecule has 11 heteroatoms. The van der Waals surface area contributed by atoms with Gasteiger partial charge in [0.1, 0.15) is 4.90 Å². The number of sulfonamides is 1. The molecular weight excluding hydrogens is 443 g/mol. The Labute approximate surface area is 179 Å². The molecular formula is C17H22Cl2N4O3S2. The van der Waals surface area contributed by atoms with Crippen molar-refractivity contribution in [1.29, 1.82) is 0 Å². The lowest BCUT2D eigenvalue weighted by Crippen LogP contribution is -2.43. The second kappa shape index (κ2) is 8.94. The van der Waals surface area contributed by atoms with Crippen molar-refractivity contribution in [3.05, 3.63) is 33.6 Å². The Kier molecular flexibility index (Phi) is 7.30. The summed E-state index contributed by atoms with van der Waals surface area (Å²) in [6.45, 7) is 9.34. The monoisotopic (exact) mass is 464 g/mol. The Morgan fingerprint density at radius 1 is 1.21 bits per heavy atom. The second-order valence-corrected chi connectivity index (χ2v) is 10.0. The van der Waals surface area contributed by atoms with Gasteiger partial charge in [-0.3, -0.25) is 9.52 Å². The molecule has 0 spiro atoms. The van der Waals surface area contributed by atoms with E-state index >= 15 is 0 Å². The first kappa shape index (κ1) is 22.9. The average molecular weight is 465 g/mol. The number of carbonyl (C=O) groups is 1. The van der Waals surface area contributed by atoms with Crippen molar-refractivity contribution >= 4 is 55.8 Å². The van der Waals surface area contributed by atoms with Crippen LogP contribution in [0.1, 0.15) is 39.1 Å². The van der Waals surface area contributed by atoms with Gasteiger partial charge in [-0.25, -0.2) is 13.4 Å². The van der Waals surface area contributed by atoms with Crippen molar-refractivity contribution in [2.24, 2.45) is 0 Å². The van der Waals surface area contributed by atoms with Crippen LogP contribution >= 0.6 is 34.7 Å². The maximum atomic E-state index is 12.7. The molecule has 1 aromatic heterocycles. The van der Waals surface area contributed by atoms with E-state index in [-0.39, 0.29) is 45.3 Å². The van der Waals surface area contributed by atoms with E-state index in [0.29, 0.717) is 10.6 Å². The fourth-order valence-electron chi connectivity index (χ4n) is 2.96. The molecule has 154 valence electrons. The second-order valence-electron chi connectivity index (χ2n) is 6.82. The molecule has 0 aliphatic rings. The number of hydrogen-bond donors (Lipinski definition) is 1. The van der Waals surface area contributed by atoms with Crippen molar-refractivity contribution in [2.45, 2.75) is 58.0 Å². The van der Waals surface area contributed by atoms with E-state index in [2.05, 4.69) is 14.1 Å². The first-order chi connectivity index (χ1) is 12.9. The summed E-state index contributed by atoms with van der Waals surface area (Å²) in [5, 5.41) is 0.425. The zero-order valence-electron chi connectivity index (χ0n) is 16.2. The van der Waals surface area contributed by atoms with Crippen molar-refractivity contribution in [1.82, 2.24) is 14.3 Å². The van der Waals surface area contributed by atoms with Gasteiger partial charge >= 0.3 is 0 Å². The third kappa shape index (κ3) is 5.34. The van der Waals surface area contributed by atoms with Gasteiger partial charge in [0.25, 0.3) is 10.0 Å². The number of amides is 1. The molecule has 2 rings (SSSR count). The third-order valence-electron chi connectivity index (χ3n) is 3.86. The minimum Gasteiger partial charge on any atom is -0.337 e. The van der Waals surface area contributed by atoms with Crippen LogP contribution in [0.3, 0.4) is 0 Å². The van der Waals surface area contributed by atoms with Crippen LogP contribution in [0.2, 0.25) is 10.0 Å². The van der Waals surface area contributed by atoms with Crippen LogP contribution in [-0.2, 0) is 21.2 Å². The summed E-state index contributed by atoms with van der Waals surface area (Å²) < 4.78 is 31.9. The number of nitrogens with one attached hydrogen (secondary N) is 1. The van der Waals surface area contributed by atoms with Crippen LogP contribution in [0.4, 0.5) is 5.13 Å². The number of nitrogens with zero attached hydrogens (tertiary/aromatic N) is 3. The van der Waals surface area contributed by atoms with Gasteiger partial charge in [-0.2, -0.15) is 4.37 Å². The maximum Gasteiger partial charge on any atom is 0.265 e. The highest BCUT2D eigenvalue weighted by molar-refractivity contribution is 7.93. The molecule has 0 unspecified atom stereocenters. The summed E-state index contributed by atoms with van der Waals surface area (Å²) in [5.74, 6) is 0.145. The molecule has 1 N–H and O–H groups in total. The summed E-state index contributed by atoms with van der Waals surface area (Å²) in [5.41, 5.74) is 0.412. The van der Waals surface area contributed by atoms with Crippen LogP contribution in [0, 0.1) is 6.92 Å². The highest BCUT2D eigenvalue weighted by atomic mass is 35.5. The van der Waals surface area contributed by atoms with Gasteiger partial charge in [-0.1, -0.05) is 23.2 Å². The number of hydrogen-bond acceptors (Lipinski definition) is 6. The van der Waals surface area contributed by atoms with Gasteiger partial charge in [0.05, 0.1) is 11.4 Å². The van der Waals surface area contributed by atoms with E-state index in [4.69, 9.17) is 23.2 Å². The molecule has 0 fully saturated rings. The van der Waals surface area contributed by atoms with E-state index < -0.39 is 10.0 Å². The topological polar surface area (TPSA) is 92.3 Å². The van der Waals surface area contributed by atoms with E-state index in [9.17, 15) is 13.2 Å². The number of aromatic nitrogens is 2. The highest BCUT2D eigenvalue weighted by Crippen LogP contribution is 2.30. The van der Waals surface area contributed by atoms with Gasteiger partial charge in [0.15, 0.2) is 5.82 Å². The summed E-state index contributed by atoms with van der Waals surface area (Å²) in [6.07, 6.45) is -0.00465. The molecule has 0 aliphatic heterocycles. The smallest absolute Gasteiger partial charge is 0.265 e. The number of anilines is 1. The Morgan fingerprint density at radius 3 is 2.36 bits per heavy atom. The van der Waals surface area contributed by atoms with E-state index in [1.165, 1.54) is 12.1 Å². The SMILES string of the molecule is Cc1cc(Cl)cc(Cl)c1S(=O)(=O)Nc1nc(CC(=O)N(C(C)C)C(C)C)ns1. The van der Waals surface area contributed by atoms with Gasteiger partial charge in [0.2, 0.25) is 11.0 Å². The molecule has 0 radical (unpaired) electrons. The quantitative estimate of drug-likeness (QED) is 0.664. The number of aryl methyl sites for hydroxylation is 1. The Hall–Kier alpha value is -1.42. The summed E-state index contributed by atoms with van der Waals surface area (Å²) in [6, 6.07) is 2.96. The minimum atomic E-state index is -3.98. The van der Waals surface area contributed by atoms with E-state index in [0.717, 1.165) is 11.5 Å². The maximum absolute atomic E-state index is 12.7. The lowest BCUT2D eigenvalue weighted by Gasteiger charge is -2.30. The minimum absolute atomic E-state index is 0.00465. The van der Waals surface area contributed by atoms with Gasteiger partial charge < -0.3 is 4.90 Å². The van der Waals surface area contributed by atoms with Crippen LogP contribution in [0.5, 0.6) is 0 Å². The molecule has 1 amide bonds. The van der Waals surface area contributed by atoms with Gasteiger partial charge in [-0.05, 0) is 52.3 Å². The lowest BCUT2D eigenvalue weighted by molar-refractivity contribution is -0.134. The third-order valence-corrected chi connectivity index (χ3v) is 6.83. The van der Waals surface area contributed by atoms with Crippen molar-refractivity contribution in [3.8, 4) is 0 Å². The van der Waals surface area contributed by atoms with Crippen LogP contribution in [-0.4, -0.2) is 40.7 Å². The van der Waals surface area contributed by atoms with Gasteiger partial charge in [-0.15, -0.1) is 0 Å². The van der Waals surface area contributed by atoms with Crippen molar-refractivity contribution in [3.63, 3.8) is 0 Å². The summed E-state index contributed by atoms with van der Waals surface area (Å²) in [7, 11) is -3.98. The normalized spacial score (nSPS) is 11.9. The molecule has 0 atom stereocenters. The first-order valence-corrected chi connectivity index (χ1v) is 11.6.